The smallest absolute Gasteiger partial charge is 0.305 e. The van der Waals surface area contributed by atoms with Crippen molar-refractivity contribution in [3.05, 3.63) is 0 Å². The third-order valence-corrected chi connectivity index (χ3v) is 3.88. The van der Waals surface area contributed by atoms with Gasteiger partial charge < -0.3 is 38.3 Å². The van der Waals surface area contributed by atoms with E-state index in [9.17, 15) is 28.8 Å². The standard InChI is InChI=1S/C12H20O7.C11H18O7.6CH4/c1-9(13)18-7-11(8-19-10(2)14)17-6-4-5-12(15)16-3;1-8(12)17-6-10(7-18-9(2)13)16-5-3-4-11(14)15;;;;;;/h11H,4-8H2,1-3H3;10H,3-7H2,1-2H3,(H,14,15);6*1H4. The molecule has 0 amide bonds. The summed E-state index contributed by atoms with van der Waals surface area (Å²) in [5.74, 6) is -3.03. The number of aliphatic carboxylic acids is 1. The summed E-state index contributed by atoms with van der Waals surface area (Å²) in [6.07, 6.45) is -0.0647. The van der Waals surface area contributed by atoms with E-state index in [1.54, 1.807) is 0 Å². The van der Waals surface area contributed by atoms with Crippen molar-refractivity contribution in [2.75, 3.05) is 46.8 Å². The molecule has 0 aromatic heterocycles. The number of methoxy groups -OCH3 is 1. The topological polar surface area (TPSA) is 187 Å². The average Bonchev–Trinajstić information content (AvgIpc) is 2.81. The second kappa shape index (κ2) is 38.7. The number of carboxylic acids is 1. The molecule has 0 fully saturated rings. The van der Waals surface area contributed by atoms with Gasteiger partial charge in [-0.2, -0.15) is 0 Å². The molecule has 0 atom stereocenters. The first-order chi connectivity index (χ1) is 17.4. The van der Waals surface area contributed by atoms with Crippen LogP contribution in [0.2, 0.25) is 0 Å². The Morgan fingerprint density at radius 2 is 0.814 bits per heavy atom. The van der Waals surface area contributed by atoms with Crippen LogP contribution < -0.4 is 0 Å². The fourth-order valence-corrected chi connectivity index (χ4v) is 2.17. The van der Waals surface area contributed by atoms with E-state index in [0.717, 1.165) is 0 Å². The monoisotopic (exact) mass is 634 g/mol. The summed E-state index contributed by atoms with van der Waals surface area (Å²) < 4.78 is 34.2. The van der Waals surface area contributed by atoms with E-state index in [2.05, 4.69) is 4.74 Å². The lowest BCUT2D eigenvalue weighted by Gasteiger charge is -2.17. The molecule has 0 heterocycles. The molecular formula is C29H62O14. The maximum atomic E-state index is 10.9. The van der Waals surface area contributed by atoms with Crippen molar-refractivity contribution < 1.29 is 67.0 Å². The van der Waals surface area contributed by atoms with Gasteiger partial charge in [0.25, 0.3) is 0 Å². The summed E-state index contributed by atoms with van der Waals surface area (Å²) in [5, 5.41) is 8.44. The van der Waals surface area contributed by atoms with E-state index in [1.807, 2.05) is 0 Å². The van der Waals surface area contributed by atoms with E-state index < -0.39 is 42.1 Å². The van der Waals surface area contributed by atoms with Crippen LogP contribution in [0, 0.1) is 0 Å². The summed E-state index contributed by atoms with van der Waals surface area (Å²) in [7, 11) is 1.31. The van der Waals surface area contributed by atoms with Gasteiger partial charge in [0.05, 0.1) is 7.11 Å². The lowest BCUT2D eigenvalue weighted by molar-refractivity contribution is -0.154. The Labute approximate surface area is 260 Å². The SMILES string of the molecule is C.C.C.C.C.C.CC(=O)OCC(COC(C)=O)OCCCC(=O)O.COC(=O)CCCOC(COC(C)=O)COC(C)=O. The molecule has 14 heteroatoms. The molecule has 0 radical (unpaired) electrons. The summed E-state index contributed by atoms with van der Waals surface area (Å²) in [6, 6.07) is 0. The number of hydrogen-bond acceptors (Lipinski definition) is 13. The maximum absolute atomic E-state index is 10.9. The van der Waals surface area contributed by atoms with Crippen LogP contribution in [-0.2, 0) is 61.9 Å². The summed E-state index contributed by atoms with van der Waals surface area (Å²) in [6.45, 7) is 5.48. The van der Waals surface area contributed by atoms with E-state index in [4.69, 9.17) is 33.5 Å². The van der Waals surface area contributed by atoms with Gasteiger partial charge in [-0.1, -0.05) is 44.6 Å². The molecule has 0 aliphatic heterocycles. The van der Waals surface area contributed by atoms with Crippen LogP contribution in [-0.4, -0.2) is 99.9 Å². The van der Waals surface area contributed by atoms with Gasteiger partial charge >= 0.3 is 35.8 Å². The van der Waals surface area contributed by atoms with Gasteiger partial charge in [-0.3, -0.25) is 28.8 Å². The van der Waals surface area contributed by atoms with Gasteiger partial charge in [0, 0.05) is 53.8 Å². The number of esters is 5. The van der Waals surface area contributed by atoms with E-state index in [-0.39, 0.29) is 103 Å². The number of carbonyl (C=O) groups excluding carboxylic acids is 5. The molecule has 0 saturated carbocycles. The normalized spacial score (nSPS) is 8.72. The first kappa shape index (κ1) is 59.2. The largest absolute Gasteiger partial charge is 0.481 e. The molecule has 0 aromatic rings. The summed E-state index contributed by atoms with van der Waals surface area (Å²) in [4.78, 5) is 63.8. The predicted molar refractivity (Wildman–Crippen MR) is 165 cm³/mol. The molecule has 0 saturated heterocycles. The highest BCUT2D eigenvalue weighted by atomic mass is 16.6. The van der Waals surface area contributed by atoms with Gasteiger partial charge in [-0.05, 0) is 12.8 Å². The van der Waals surface area contributed by atoms with Crippen molar-refractivity contribution in [2.24, 2.45) is 0 Å². The van der Waals surface area contributed by atoms with Crippen LogP contribution in [0.1, 0.15) is 97.9 Å². The van der Waals surface area contributed by atoms with Crippen molar-refractivity contribution in [3.63, 3.8) is 0 Å². The highest BCUT2D eigenvalue weighted by molar-refractivity contribution is 5.69. The Hall–Kier alpha value is -3.26. The minimum absolute atomic E-state index is 0. The lowest BCUT2D eigenvalue weighted by atomic mass is 10.3. The molecule has 0 aliphatic carbocycles. The second-order valence-corrected chi connectivity index (χ2v) is 7.37. The van der Waals surface area contributed by atoms with Crippen molar-refractivity contribution in [3.8, 4) is 0 Å². The van der Waals surface area contributed by atoms with Crippen molar-refractivity contribution in [2.45, 2.75) is 110 Å². The van der Waals surface area contributed by atoms with Crippen LogP contribution >= 0.6 is 0 Å². The number of carboxylic acid groups (broad SMARTS) is 1. The van der Waals surface area contributed by atoms with Crippen LogP contribution in [0.4, 0.5) is 0 Å². The molecular weight excluding hydrogens is 572 g/mol. The first-order valence-corrected chi connectivity index (χ1v) is 11.4. The molecule has 0 aliphatic rings. The minimum Gasteiger partial charge on any atom is -0.481 e. The quantitative estimate of drug-likeness (QED) is 0.125. The first-order valence-electron chi connectivity index (χ1n) is 11.4. The number of carbonyl (C=O) groups is 6. The zero-order valence-electron chi connectivity index (χ0n) is 22.0. The number of ether oxygens (including phenoxy) is 7. The van der Waals surface area contributed by atoms with Crippen LogP contribution in [0.5, 0.6) is 0 Å². The van der Waals surface area contributed by atoms with Gasteiger partial charge in [-0.15, -0.1) is 0 Å². The van der Waals surface area contributed by atoms with E-state index in [1.165, 1.54) is 34.8 Å². The molecule has 0 rings (SSSR count). The number of rotatable bonds is 18. The zero-order valence-corrected chi connectivity index (χ0v) is 22.0. The minimum atomic E-state index is -0.907. The molecule has 43 heavy (non-hydrogen) atoms. The van der Waals surface area contributed by atoms with Gasteiger partial charge in [0.2, 0.25) is 0 Å². The third-order valence-electron chi connectivity index (χ3n) is 3.88. The molecule has 0 unspecified atom stereocenters. The van der Waals surface area contributed by atoms with Crippen LogP contribution in [0.15, 0.2) is 0 Å². The van der Waals surface area contributed by atoms with Crippen LogP contribution in [0.25, 0.3) is 0 Å². The van der Waals surface area contributed by atoms with Crippen molar-refractivity contribution >= 4 is 35.8 Å². The van der Waals surface area contributed by atoms with Gasteiger partial charge in [0.1, 0.15) is 38.6 Å². The molecule has 262 valence electrons. The molecule has 0 spiro atoms. The fourth-order valence-electron chi connectivity index (χ4n) is 2.17. The maximum Gasteiger partial charge on any atom is 0.305 e. The molecule has 14 nitrogen and oxygen atoms in total. The Morgan fingerprint density at radius 3 is 1.05 bits per heavy atom. The van der Waals surface area contributed by atoms with Crippen LogP contribution in [0.3, 0.4) is 0 Å². The third kappa shape index (κ3) is 48.8. The van der Waals surface area contributed by atoms with Crippen molar-refractivity contribution in [1.82, 2.24) is 0 Å². The average molecular weight is 635 g/mol. The van der Waals surface area contributed by atoms with Gasteiger partial charge in [0.15, 0.2) is 0 Å². The number of hydrogen-bond donors (Lipinski definition) is 1. The highest BCUT2D eigenvalue weighted by Crippen LogP contribution is 2.01. The summed E-state index contributed by atoms with van der Waals surface area (Å²) in [5.41, 5.74) is 0. The van der Waals surface area contributed by atoms with E-state index in [0.29, 0.717) is 12.8 Å². The summed E-state index contributed by atoms with van der Waals surface area (Å²) >= 11 is 0. The Balaban J connectivity index is -0.0000000834. The molecule has 1 N–H and O–H groups in total. The molecule has 0 bridgehead atoms. The molecule has 0 aromatic carbocycles. The Morgan fingerprint density at radius 1 is 0.535 bits per heavy atom. The fraction of sp³-hybridized carbons (Fsp3) is 0.793. The zero-order chi connectivity index (χ0) is 28.6. The lowest BCUT2D eigenvalue weighted by Crippen LogP contribution is -2.28. The predicted octanol–water partition coefficient (Wildman–Crippen LogP) is 4.63. The van der Waals surface area contributed by atoms with Gasteiger partial charge in [-0.25, -0.2) is 0 Å². The highest BCUT2D eigenvalue weighted by Gasteiger charge is 2.14. The second-order valence-electron chi connectivity index (χ2n) is 7.37. The Bertz CT molecular complexity index is 673. The Kier molecular flexibility index (Phi) is 53.3. The van der Waals surface area contributed by atoms with E-state index >= 15 is 0 Å². The van der Waals surface area contributed by atoms with Crippen molar-refractivity contribution in [1.29, 1.82) is 0 Å².